The van der Waals surface area contributed by atoms with Crippen molar-refractivity contribution in [3.05, 3.63) is 65.8 Å². The molecule has 0 amide bonds. The van der Waals surface area contributed by atoms with Crippen LogP contribution >= 0.6 is 0 Å². The highest BCUT2D eigenvalue weighted by atomic mass is 32.2. The van der Waals surface area contributed by atoms with Crippen LogP contribution in [-0.2, 0) is 14.8 Å². The van der Waals surface area contributed by atoms with Gasteiger partial charge < -0.3 is 9.64 Å². The van der Waals surface area contributed by atoms with E-state index in [4.69, 9.17) is 11.3 Å². The van der Waals surface area contributed by atoms with E-state index in [9.17, 15) is 8.42 Å². The second kappa shape index (κ2) is 9.99. The van der Waals surface area contributed by atoms with Gasteiger partial charge in [0.25, 0.3) is 0 Å². The molecule has 2 aliphatic rings. The molecule has 170 valence electrons. The summed E-state index contributed by atoms with van der Waals surface area (Å²) in [5.41, 5.74) is 2.70. The molecule has 1 aliphatic carbocycles. The number of anilines is 1. The van der Waals surface area contributed by atoms with Gasteiger partial charge in [0, 0.05) is 30.7 Å². The molecule has 1 saturated heterocycles. The molecule has 8 heteroatoms. The average molecular weight is 455 g/mol. The van der Waals surface area contributed by atoms with Gasteiger partial charge in [0.1, 0.15) is 0 Å². The van der Waals surface area contributed by atoms with Gasteiger partial charge >= 0.3 is 0 Å². The van der Waals surface area contributed by atoms with Crippen LogP contribution < -0.4 is 9.62 Å². The van der Waals surface area contributed by atoms with Crippen LogP contribution in [0.15, 0.2) is 48.8 Å². The Morgan fingerprint density at radius 1 is 1.16 bits per heavy atom. The number of rotatable bonds is 7. The zero-order valence-electron chi connectivity index (χ0n) is 18.4. The third-order valence-electron chi connectivity index (χ3n) is 6.53. The summed E-state index contributed by atoms with van der Waals surface area (Å²) >= 11 is 0. The van der Waals surface area contributed by atoms with Gasteiger partial charge in [-0.25, -0.2) is 18.0 Å². The SMILES string of the molecule is [C-]#[N+]c1cncc(N2CC[C@H](NS(C)(=O)=O)[C@@H]2COC2CCC(c3ccccc3)CC2)c1. The molecule has 0 spiro atoms. The van der Waals surface area contributed by atoms with Crippen LogP contribution in [0.5, 0.6) is 0 Å². The monoisotopic (exact) mass is 454 g/mol. The van der Waals surface area contributed by atoms with E-state index in [2.05, 4.69) is 49.8 Å². The van der Waals surface area contributed by atoms with Gasteiger partial charge in [-0.3, -0.25) is 4.98 Å². The molecule has 2 fully saturated rings. The van der Waals surface area contributed by atoms with Crippen LogP contribution in [0.3, 0.4) is 0 Å². The standard InChI is InChI=1S/C24H30N4O3S/c1-25-20-14-21(16-26-15-20)28-13-12-23(27-32(2,29)30)24(28)17-31-22-10-8-19(9-11-22)18-6-4-3-5-7-18/h3-7,14-16,19,22-24,27H,8-13,17H2,2H3/t19?,22?,23-,24-/m0/s1. The highest BCUT2D eigenvalue weighted by Gasteiger charge is 2.37. The van der Waals surface area contributed by atoms with Crippen molar-refractivity contribution in [1.29, 1.82) is 0 Å². The molecule has 0 bridgehead atoms. The van der Waals surface area contributed by atoms with Gasteiger partial charge in [-0.2, -0.15) is 0 Å². The Hall–Kier alpha value is -2.47. The zero-order valence-corrected chi connectivity index (χ0v) is 19.2. The molecule has 2 atom stereocenters. The van der Waals surface area contributed by atoms with Crippen LogP contribution in [-0.4, -0.2) is 51.0 Å². The maximum absolute atomic E-state index is 11.9. The van der Waals surface area contributed by atoms with Gasteiger partial charge in [-0.05, 0) is 49.7 Å². The van der Waals surface area contributed by atoms with E-state index in [0.717, 1.165) is 31.4 Å². The van der Waals surface area contributed by atoms with E-state index in [-0.39, 0.29) is 18.2 Å². The predicted octanol–water partition coefficient (Wildman–Crippen LogP) is 3.87. The van der Waals surface area contributed by atoms with Gasteiger partial charge in [0.2, 0.25) is 15.7 Å². The number of aromatic nitrogens is 1. The smallest absolute Gasteiger partial charge is 0.209 e. The molecule has 0 radical (unpaired) electrons. The van der Waals surface area contributed by atoms with Gasteiger partial charge in [0.05, 0.1) is 31.6 Å². The summed E-state index contributed by atoms with van der Waals surface area (Å²) in [4.78, 5) is 9.79. The second-order valence-electron chi connectivity index (χ2n) is 8.78. The summed E-state index contributed by atoms with van der Waals surface area (Å²) in [7, 11) is -3.34. The van der Waals surface area contributed by atoms with Crippen LogP contribution in [0.1, 0.15) is 43.6 Å². The Bertz CT molecular complexity index is 1050. The second-order valence-corrected chi connectivity index (χ2v) is 10.6. The normalized spacial score (nSPS) is 26.1. The van der Waals surface area contributed by atoms with Crippen molar-refractivity contribution >= 4 is 21.4 Å². The number of hydrogen-bond donors (Lipinski definition) is 1. The molecule has 1 N–H and O–H groups in total. The molecule has 2 aromatic rings. The minimum Gasteiger partial charge on any atom is -0.376 e. The largest absolute Gasteiger partial charge is 0.376 e. The van der Waals surface area contributed by atoms with Gasteiger partial charge in [-0.15, -0.1) is 0 Å². The van der Waals surface area contributed by atoms with E-state index in [1.54, 1.807) is 12.3 Å². The molecule has 1 aromatic heterocycles. The third kappa shape index (κ3) is 5.66. The lowest BCUT2D eigenvalue weighted by Crippen LogP contribution is -2.48. The molecule has 0 unspecified atom stereocenters. The Morgan fingerprint density at radius 2 is 1.91 bits per heavy atom. The summed E-state index contributed by atoms with van der Waals surface area (Å²) < 4.78 is 33.0. The van der Waals surface area contributed by atoms with Crippen LogP contribution in [0.25, 0.3) is 4.85 Å². The first-order chi connectivity index (χ1) is 15.4. The number of pyridine rings is 1. The average Bonchev–Trinajstić information content (AvgIpc) is 3.19. The van der Waals surface area contributed by atoms with Gasteiger partial charge in [-0.1, -0.05) is 30.3 Å². The fourth-order valence-electron chi connectivity index (χ4n) is 4.95. The molecule has 1 saturated carbocycles. The van der Waals surface area contributed by atoms with E-state index < -0.39 is 10.0 Å². The summed E-state index contributed by atoms with van der Waals surface area (Å²) in [6.45, 7) is 8.39. The molecule has 2 heterocycles. The number of benzene rings is 1. The topological polar surface area (TPSA) is 75.9 Å². The van der Waals surface area contributed by atoms with Crippen molar-refractivity contribution < 1.29 is 13.2 Å². The summed E-state index contributed by atoms with van der Waals surface area (Å²) in [6, 6.07) is 12.1. The summed E-state index contributed by atoms with van der Waals surface area (Å²) in [5.74, 6) is 0.584. The Morgan fingerprint density at radius 3 is 2.59 bits per heavy atom. The van der Waals surface area contributed by atoms with Crippen LogP contribution in [0.2, 0.25) is 0 Å². The van der Waals surface area contributed by atoms with Crippen molar-refractivity contribution in [3.8, 4) is 0 Å². The quantitative estimate of drug-likeness (QED) is 0.643. The highest BCUT2D eigenvalue weighted by molar-refractivity contribution is 7.88. The molecule has 1 aromatic carbocycles. The fourth-order valence-corrected chi connectivity index (χ4v) is 5.77. The molecular weight excluding hydrogens is 424 g/mol. The summed E-state index contributed by atoms with van der Waals surface area (Å²) in [5, 5.41) is 0. The first-order valence-electron chi connectivity index (χ1n) is 11.2. The Labute approximate surface area is 190 Å². The Kier molecular flexibility index (Phi) is 7.09. The maximum atomic E-state index is 11.9. The molecule has 4 rings (SSSR count). The lowest BCUT2D eigenvalue weighted by Gasteiger charge is -2.33. The minimum absolute atomic E-state index is 0.139. The van der Waals surface area contributed by atoms with E-state index in [0.29, 0.717) is 31.2 Å². The lowest BCUT2D eigenvalue weighted by molar-refractivity contribution is 0.0157. The number of sulfonamides is 1. The van der Waals surface area contributed by atoms with Crippen molar-refractivity contribution in [2.24, 2.45) is 0 Å². The minimum atomic E-state index is -3.34. The molecule has 1 aliphatic heterocycles. The number of ether oxygens (including phenoxy) is 1. The fraction of sp³-hybridized carbons (Fsp3) is 0.500. The molecule has 7 nitrogen and oxygen atoms in total. The maximum Gasteiger partial charge on any atom is 0.209 e. The van der Waals surface area contributed by atoms with Crippen LogP contribution in [0.4, 0.5) is 11.4 Å². The Balaban J connectivity index is 1.41. The number of hydrogen-bond acceptors (Lipinski definition) is 5. The first-order valence-corrected chi connectivity index (χ1v) is 13.0. The summed E-state index contributed by atoms with van der Waals surface area (Å²) in [6.07, 6.45) is 9.55. The predicted molar refractivity (Wildman–Crippen MR) is 125 cm³/mol. The highest BCUT2D eigenvalue weighted by Crippen LogP contribution is 2.35. The van der Waals surface area contributed by atoms with Crippen LogP contribution in [0, 0.1) is 6.57 Å². The molecule has 32 heavy (non-hydrogen) atoms. The van der Waals surface area contributed by atoms with E-state index in [1.807, 2.05) is 0 Å². The lowest BCUT2D eigenvalue weighted by atomic mass is 9.83. The number of nitrogens with one attached hydrogen (secondary N) is 1. The van der Waals surface area contributed by atoms with Crippen molar-refractivity contribution in [2.75, 3.05) is 24.3 Å². The van der Waals surface area contributed by atoms with E-state index >= 15 is 0 Å². The van der Waals surface area contributed by atoms with Crippen molar-refractivity contribution in [3.63, 3.8) is 0 Å². The van der Waals surface area contributed by atoms with Crippen molar-refractivity contribution in [1.82, 2.24) is 9.71 Å². The van der Waals surface area contributed by atoms with Crippen molar-refractivity contribution in [2.45, 2.75) is 56.2 Å². The van der Waals surface area contributed by atoms with E-state index in [1.165, 1.54) is 18.0 Å². The number of nitrogens with zero attached hydrogens (tertiary/aromatic N) is 3. The zero-order chi connectivity index (χ0) is 22.6. The molecular formula is C24H30N4O3S. The van der Waals surface area contributed by atoms with Gasteiger partial charge in [0.15, 0.2) is 0 Å². The first kappa shape index (κ1) is 22.7. The third-order valence-corrected chi connectivity index (χ3v) is 7.26.